The average molecular weight is 200 g/mol. The predicted molar refractivity (Wildman–Crippen MR) is 36.7 cm³/mol. The fourth-order valence-corrected chi connectivity index (χ4v) is 0.348. The molecule has 0 saturated carbocycles. The summed E-state index contributed by atoms with van der Waals surface area (Å²) >= 11 is 0. The molecule has 0 unspecified atom stereocenters. The molecule has 0 aromatic heterocycles. The number of ether oxygens (including phenoxy) is 1. The molecule has 0 saturated heterocycles. The Morgan fingerprint density at radius 2 is 2.00 bits per heavy atom. The van der Waals surface area contributed by atoms with Crippen LogP contribution in [-0.2, 0) is 9.53 Å². The van der Waals surface area contributed by atoms with Crippen LogP contribution in [0.2, 0.25) is 0 Å². The van der Waals surface area contributed by atoms with Crippen molar-refractivity contribution in [1.29, 1.82) is 0 Å². The Balaban J connectivity index is 4.02. The topological polar surface area (TPSA) is 26.3 Å². The van der Waals surface area contributed by atoms with Gasteiger partial charge in [0.2, 0.25) is 0 Å². The molecule has 13 heavy (non-hydrogen) atoms. The highest BCUT2D eigenvalue weighted by molar-refractivity contribution is 5.86. The lowest BCUT2D eigenvalue weighted by atomic mass is 10.3. The van der Waals surface area contributed by atoms with Gasteiger partial charge in [0.05, 0.1) is 0 Å². The molecule has 0 amide bonds. The van der Waals surface area contributed by atoms with Crippen molar-refractivity contribution in [2.24, 2.45) is 0 Å². The van der Waals surface area contributed by atoms with Crippen molar-refractivity contribution >= 4 is 5.97 Å². The molecule has 76 valence electrons. The number of esters is 1. The number of carbonyl (C=O) groups excluding carboxylic acids is 1. The minimum Gasteiger partial charge on any atom is -0.456 e. The minimum absolute atomic E-state index is 0.120. The van der Waals surface area contributed by atoms with E-state index < -0.39 is 24.9 Å². The lowest BCUT2D eigenvalue weighted by Crippen LogP contribution is -2.33. The molecule has 0 N–H and O–H groups in total. The van der Waals surface area contributed by atoms with E-state index in [0.717, 1.165) is 0 Å². The van der Waals surface area contributed by atoms with Gasteiger partial charge in [-0.25, -0.2) is 13.6 Å². The van der Waals surface area contributed by atoms with E-state index in [1.165, 1.54) is 6.92 Å². The summed E-state index contributed by atoms with van der Waals surface area (Å²) < 4.78 is 51.1. The number of halogens is 4. The van der Waals surface area contributed by atoms with Crippen LogP contribution in [0, 0.1) is 0 Å². The summed E-state index contributed by atoms with van der Waals surface area (Å²) in [7, 11) is 0. The van der Waals surface area contributed by atoms with E-state index >= 15 is 0 Å². The largest absolute Gasteiger partial charge is 0.456 e. The standard InChI is InChI=1S/C7H8F4O2/c1-4(2)5(12)13-3-7(10,11)6(8)9/h6H,1,3H2,2H3. The molecule has 0 bridgehead atoms. The minimum atomic E-state index is -4.30. The molecule has 0 fully saturated rings. The Morgan fingerprint density at radius 3 is 2.31 bits per heavy atom. The summed E-state index contributed by atoms with van der Waals surface area (Å²) in [6.07, 6.45) is -3.84. The van der Waals surface area contributed by atoms with Crippen molar-refractivity contribution in [1.82, 2.24) is 0 Å². The first-order valence-corrected chi connectivity index (χ1v) is 3.26. The summed E-state index contributed by atoms with van der Waals surface area (Å²) in [5.41, 5.74) is -0.120. The van der Waals surface area contributed by atoms with Gasteiger partial charge in [0.1, 0.15) is 0 Å². The molecule has 0 aromatic rings. The number of hydrogen-bond acceptors (Lipinski definition) is 2. The summed E-state index contributed by atoms with van der Waals surface area (Å²) in [6.45, 7) is 2.69. The molecule has 6 heteroatoms. The highest BCUT2D eigenvalue weighted by Gasteiger charge is 2.42. The van der Waals surface area contributed by atoms with Gasteiger partial charge in [-0.1, -0.05) is 6.58 Å². The average Bonchev–Trinajstić information content (AvgIpc) is 1.99. The Hall–Kier alpha value is -1.07. The number of rotatable bonds is 4. The third-order valence-electron chi connectivity index (χ3n) is 1.06. The molecule has 0 aliphatic carbocycles. The van der Waals surface area contributed by atoms with Crippen LogP contribution in [0.25, 0.3) is 0 Å². The van der Waals surface area contributed by atoms with Crippen molar-refractivity contribution in [2.45, 2.75) is 19.3 Å². The fraction of sp³-hybridized carbons (Fsp3) is 0.571. The summed E-state index contributed by atoms with van der Waals surface area (Å²) in [4.78, 5) is 10.5. The Kier molecular flexibility index (Phi) is 3.90. The van der Waals surface area contributed by atoms with E-state index in [2.05, 4.69) is 11.3 Å². The van der Waals surface area contributed by atoms with Gasteiger partial charge >= 0.3 is 18.3 Å². The maximum atomic E-state index is 12.1. The molecule has 2 nitrogen and oxygen atoms in total. The predicted octanol–water partition coefficient (Wildman–Crippen LogP) is 2.01. The van der Waals surface area contributed by atoms with Gasteiger partial charge in [-0.2, -0.15) is 8.78 Å². The van der Waals surface area contributed by atoms with Crippen LogP contribution in [0.15, 0.2) is 12.2 Å². The van der Waals surface area contributed by atoms with Crippen LogP contribution in [0.3, 0.4) is 0 Å². The molecule has 0 aromatic carbocycles. The first-order chi connectivity index (χ1) is 5.77. The van der Waals surface area contributed by atoms with Gasteiger partial charge in [0.15, 0.2) is 6.61 Å². The SMILES string of the molecule is C=C(C)C(=O)OCC(F)(F)C(F)F. The fourth-order valence-electron chi connectivity index (χ4n) is 0.348. The molecule has 0 aliphatic heterocycles. The van der Waals surface area contributed by atoms with Crippen molar-refractivity contribution in [3.63, 3.8) is 0 Å². The first-order valence-electron chi connectivity index (χ1n) is 3.26. The molecule has 0 heterocycles. The zero-order chi connectivity index (χ0) is 10.6. The number of hydrogen-bond donors (Lipinski definition) is 0. The second-order valence-corrected chi connectivity index (χ2v) is 2.42. The van der Waals surface area contributed by atoms with E-state index in [9.17, 15) is 22.4 Å². The zero-order valence-corrected chi connectivity index (χ0v) is 6.82. The summed E-state index contributed by atoms with van der Waals surface area (Å²) in [6, 6.07) is 0. The number of alkyl halides is 4. The van der Waals surface area contributed by atoms with E-state index in [1.54, 1.807) is 0 Å². The van der Waals surface area contributed by atoms with Gasteiger partial charge in [-0.15, -0.1) is 0 Å². The second kappa shape index (κ2) is 4.25. The quantitative estimate of drug-likeness (QED) is 0.394. The van der Waals surface area contributed by atoms with E-state index in [0.29, 0.717) is 0 Å². The second-order valence-electron chi connectivity index (χ2n) is 2.42. The van der Waals surface area contributed by atoms with Gasteiger partial charge < -0.3 is 4.74 Å². The van der Waals surface area contributed by atoms with E-state index in [-0.39, 0.29) is 5.57 Å². The van der Waals surface area contributed by atoms with Crippen molar-refractivity contribution in [2.75, 3.05) is 6.61 Å². The van der Waals surface area contributed by atoms with Crippen molar-refractivity contribution in [3.8, 4) is 0 Å². The highest BCUT2D eigenvalue weighted by Crippen LogP contribution is 2.23. The molecule has 0 aliphatic rings. The Labute approximate surface area is 72.2 Å². The number of carbonyl (C=O) groups is 1. The van der Waals surface area contributed by atoms with Gasteiger partial charge in [0.25, 0.3) is 0 Å². The Bertz CT molecular complexity index is 213. The van der Waals surface area contributed by atoms with Gasteiger partial charge in [0, 0.05) is 5.57 Å². The maximum absolute atomic E-state index is 12.1. The monoisotopic (exact) mass is 200 g/mol. The molecule has 0 radical (unpaired) electrons. The zero-order valence-electron chi connectivity index (χ0n) is 6.82. The van der Waals surface area contributed by atoms with E-state index in [4.69, 9.17) is 0 Å². The summed E-state index contributed by atoms with van der Waals surface area (Å²) in [5, 5.41) is 0. The third-order valence-corrected chi connectivity index (χ3v) is 1.06. The van der Waals surface area contributed by atoms with Crippen LogP contribution in [0.5, 0.6) is 0 Å². The van der Waals surface area contributed by atoms with Crippen LogP contribution in [-0.4, -0.2) is 24.9 Å². The van der Waals surface area contributed by atoms with Gasteiger partial charge in [-0.3, -0.25) is 0 Å². The lowest BCUT2D eigenvalue weighted by Gasteiger charge is -2.14. The van der Waals surface area contributed by atoms with E-state index in [1.807, 2.05) is 0 Å². The van der Waals surface area contributed by atoms with Crippen LogP contribution >= 0.6 is 0 Å². The smallest absolute Gasteiger partial charge is 0.340 e. The normalized spacial score (nSPS) is 11.5. The molecule has 0 rings (SSSR count). The molecular formula is C7H8F4O2. The summed E-state index contributed by atoms with van der Waals surface area (Å²) in [5.74, 6) is -5.41. The third kappa shape index (κ3) is 3.91. The highest BCUT2D eigenvalue weighted by atomic mass is 19.3. The maximum Gasteiger partial charge on any atom is 0.340 e. The Morgan fingerprint density at radius 1 is 1.54 bits per heavy atom. The lowest BCUT2D eigenvalue weighted by molar-refractivity contribution is -0.176. The first kappa shape index (κ1) is 11.9. The van der Waals surface area contributed by atoms with Crippen LogP contribution in [0.1, 0.15) is 6.92 Å². The van der Waals surface area contributed by atoms with Gasteiger partial charge in [-0.05, 0) is 6.92 Å². The van der Waals surface area contributed by atoms with Crippen LogP contribution < -0.4 is 0 Å². The molecule has 0 atom stereocenters. The molecule has 0 spiro atoms. The van der Waals surface area contributed by atoms with Crippen molar-refractivity contribution < 1.29 is 27.1 Å². The van der Waals surface area contributed by atoms with Crippen molar-refractivity contribution in [3.05, 3.63) is 12.2 Å². The molecular weight excluding hydrogens is 192 g/mol. The van der Waals surface area contributed by atoms with Crippen LogP contribution in [0.4, 0.5) is 17.6 Å².